The Labute approximate surface area is 125 Å². The molecule has 1 amide bonds. The number of anilines is 2. The Morgan fingerprint density at radius 2 is 2.19 bits per heavy atom. The average molecular weight is 286 g/mol. The molecule has 0 saturated carbocycles. The van der Waals surface area contributed by atoms with Crippen molar-refractivity contribution in [3.63, 3.8) is 0 Å². The van der Waals surface area contributed by atoms with Gasteiger partial charge in [-0.1, -0.05) is 13.0 Å². The second kappa shape index (κ2) is 6.92. The number of aromatic nitrogens is 2. The molecule has 21 heavy (non-hydrogen) atoms. The first kappa shape index (κ1) is 15.1. The molecule has 5 heteroatoms. The third kappa shape index (κ3) is 4.08. The van der Waals surface area contributed by atoms with E-state index in [1.807, 2.05) is 37.5 Å². The predicted octanol–water partition coefficient (Wildman–Crippen LogP) is 3.17. The summed E-state index contributed by atoms with van der Waals surface area (Å²) in [5, 5.41) is 6.19. The number of nitrogens with one attached hydrogen (secondary N) is 2. The van der Waals surface area contributed by atoms with Gasteiger partial charge < -0.3 is 15.2 Å². The third-order valence-corrected chi connectivity index (χ3v) is 3.26. The van der Waals surface area contributed by atoms with E-state index < -0.39 is 0 Å². The van der Waals surface area contributed by atoms with Gasteiger partial charge in [-0.25, -0.2) is 4.98 Å². The molecular formula is C16H22N4O. The van der Waals surface area contributed by atoms with Gasteiger partial charge in [0.1, 0.15) is 5.82 Å². The van der Waals surface area contributed by atoms with Crippen LogP contribution in [0.15, 0.2) is 30.6 Å². The summed E-state index contributed by atoms with van der Waals surface area (Å²) in [6, 6.07) is 5.84. The number of rotatable bonds is 6. The molecule has 0 aliphatic heterocycles. The normalized spacial score (nSPS) is 10.4. The Hall–Kier alpha value is -2.30. The minimum absolute atomic E-state index is 0.0664. The third-order valence-electron chi connectivity index (χ3n) is 3.26. The Balaban J connectivity index is 2.08. The van der Waals surface area contributed by atoms with E-state index in [1.165, 1.54) is 6.92 Å². The number of nitrogens with zero attached hydrogens (tertiary/aromatic N) is 2. The molecule has 2 rings (SSSR count). The van der Waals surface area contributed by atoms with Gasteiger partial charge in [0.25, 0.3) is 0 Å². The number of imidazole rings is 1. The molecule has 112 valence electrons. The van der Waals surface area contributed by atoms with Crippen molar-refractivity contribution in [2.24, 2.45) is 0 Å². The highest BCUT2D eigenvalue weighted by Gasteiger charge is 2.05. The van der Waals surface area contributed by atoms with Crippen molar-refractivity contribution < 1.29 is 4.79 Å². The highest BCUT2D eigenvalue weighted by atomic mass is 16.1. The number of aryl methyl sites for hydroxylation is 2. The van der Waals surface area contributed by atoms with Crippen LogP contribution in [-0.4, -0.2) is 15.5 Å². The van der Waals surface area contributed by atoms with Gasteiger partial charge in [0.15, 0.2) is 0 Å². The molecule has 1 aromatic carbocycles. The molecule has 0 fully saturated rings. The Bertz CT molecular complexity index is 618. The Morgan fingerprint density at radius 1 is 1.38 bits per heavy atom. The van der Waals surface area contributed by atoms with Crippen molar-refractivity contribution >= 4 is 17.3 Å². The molecule has 0 saturated heterocycles. The number of carbonyl (C=O) groups excluding carboxylic acids is 1. The zero-order chi connectivity index (χ0) is 15.2. The Kier molecular flexibility index (Phi) is 4.98. The zero-order valence-electron chi connectivity index (χ0n) is 12.8. The number of hydrogen-bond donors (Lipinski definition) is 2. The molecule has 2 aromatic rings. The van der Waals surface area contributed by atoms with E-state index >= 15 is 0 Å². The van der Waals surface area contributed by atoms with Crippen LogP contribution in [0.4, 0.5) is 11.4 Å². The van der Waals surface area contributed by atoms with Crippen LogP contribution in [0.5, 0.6) is 0 Å². The maximum absolute atomic E-state index is 11.1. The van der Waals surface area contributed by atoms with Gasteiger partial charge in [0, 0.05) is 37.2 Å². The van der Waals surface area contributed by atoms with Gasteiger partial charge in [-0.05, 0) is 31.0 Å². The molecule has 0 aliphatic carbocycles. The molecule has 0 aliphatic rings. The fourth-order valence-corrected chi connectivity index (χ4v) is 2.22. The molecule has 1 heterocycles. The van der Waals surface area contributed by atoms with E-state index in [-0.39, 0.29) is 5.91 Å². The molecule has 0 unspecified atom stereocenters. The van der Waals surface area contributed by atoms with Gasteiger partial charge in [-0.2, -0.15) is 0 Å². The van der Waals surface area contributed by atoms with Gasteiger partial charge in [0.05, 0.1) is 6.54 Å². The summed E-state index contributed by atoms with van der Waals surface area (Å²) in [5.41, 5.74) is 2.94. The van der Waals surface area contributed by atoms with Crippen LogP contribution in [0.25, 0.3) is 0 Å². The summed E-state index contributed by atoms with van der Waals surface area (Å²) in [5.74, 6) is 0.949. The fourth-order valence-electron chi connectivity index (χ4n) is 2.22. The standard InChI is InChI=1S/C16H22N4O/c1-4-8-20-9-7-17-16(20)11-18-15-10-14(19-13(3)21)6-5-12(15)2/h5-7,9-10,18H,4,8,11H2,1-3H3,(H,19,21). The lowest BCUT2D eigenvalue weighted by molar-refractivity contribution is -0.114. The van der Waals surface area contributed by atoms with Crippen molar-refractivity contribution in [3.05, 3.63) is 42.0 Å². The number of carbonyl (C=O) groups is 1. The number of benzene rings is 1. The van der Waals surface area contributed by atoms with E-state index in [0.717, 1.165) is 35.7 Å². The molecule has 5 nitrogen and oxygen atoms in total. The summed E-state index contributed by atoms with van der Waals surface area (Å²) < 4.78 is 2.15. The first-order valence-corrected chi connectivity index (χ1v) is 7.22. The van der Waals surface area contributed by atoms with E-state index in [9.17, 15) is 4.79 Å². The quantitative estimate of drug-likeness (QED) is 0.857. The minimum atomic E-state index is -0.0664. The van der Waals surface area contributed by atoms with Crippen molar-refractivity contribution in [1.29, 1.82) is 0 Å². The summed E-state index contributed by atoms with van der Waals surface area (Å²) >= 11 is 0. The SMILES string of the molecule is CCCn1ccnc1CNc1cc(NC(C)=O)ccc1C. The maximum Gasteiger partial charge on any atom is 0.221 e. The molecule has 1 aromatic heterocycles. The molecule has 0 spiro atoms. The summed E-state index contributed by atoms with van der Waals surface area (Å²) in [4.78, 5) is 15.5. The first-order valence-electron chi connectivity index (χ1n) is 7.22. The van der Waals surface area contributed by atoms with Crippen molar-refractivity contribution in [3.8, 4) is 0 Å². The molecule has 2 N–H and O–H groups in total. The van der Waals surface area contributed by atoms with E-state index in [4.69, 9.17) is 0 Å². The van der Waals surface area contributed by atoms with Crippen molar-refractivity contribution in [2.75, 3.05) is 10.6 Å². The van der Waals surface area contributed by atoms with Crippen LogP contribution in [0, 0.1) is 6.92 Å². The van der Waals surface area contributed by atoms with Crippen LogP contribution in [0.3, 0.4) is 0 Å². The van der Waals surface area contributed by atoms with Crippen LogP contribution >= 0.6 is 0 Å². The minimum Gasteiger partial charge on any atom is -0.378 e. The summed E-state index contributed by atoms with van der Waals surface area (Å²) in [6.07, 6.45) is 4.91. The lowest BCUT2D eigenvalue weighted by Crippen LogP contribution is -2.10. The lowest BCUT2D eigenvalue weighted by atomic mass is 10.1. The summed E-state index contributed by atoms with van der Waals surface area (Å²) in [7, 11) is 0. The molecule has 0 radical (unpaired) electrons. The van der Waals surface area contributed by atoms with E-state index in [0.29, 0.717) is 6.54 Å². The predicted molar refractivity (Wildman–Crippen MR) is 85.3 cm³/mol. The Morgan fingerprint density at radius 3 is 2.90 bits per heavy atom. The van der Waals surface area contributed by atoms with Gasteiger partial charge in [0.2, 0.25) is 5.91 Å². The molecule has 0 atom stereocenters. The molecular weight excluding hydrogens is 264 g/mol. The average Bonchev–Trinajstić information content (AvgIpc) is 2.87. The second-order valence-electron chi connectivity index (χ2n) is 5.10. The smallest absolute Gasteiger partial charge is 0.221 e. The zero-order valence-corrected chi connectivity index (χ0v) is 12.8. The van der Waals surface area contributed by atoms with Gasteiger partial charge in [-0.15, -0.1) is 0 Å². The highest BCUT2D eigenvalue weighted by Crippen LogP contribution is 2.21. The van der Waals surface area contributed by atoms with Crippen LogP contribution in [0.1, 0.15) is 31.7 Å². The van der Waals surface area contributed by atoms with Crippen molar-refractivity contribution in [1.82, 2.24) is 9.55 Å². The molecule has 0 bridgehead atoms. The number of hydrogen-bond acceptors (Lipinski definition) is 3. The van der Waals surface area contributed by atoms with Crippen LogP contribution in [0.2, 0.25) is 0 Å². The van der Waals surface area contributed by atoms with Crippen LogP contribution < -0.4 is 10.6 Å². The monoisotopic (exact) mass is 286 g/mol. The first-order chi connectivity index (χ1) is 10.1. The van der Waals surface area contributed by atoms with Crippen LogP contribution in [-0.2, 0) is 17.9 Å². The fraction of sp³-hybridized carbons (Fsp3) is 0.375. The topological polar surface area (TPSA) is 59.0 Å². The van der Waals surface area contributed by atoms with Gasteiger partial charge in [-0.3, -0.25) is 4.79 Å². The van der Waals surface area contributed by atoms with E-state index in [1.54, 1.807) is 0 Å². The largest absolute Gasteiger partial charge is 0.378 e. The number of amides is 1. The summed E-state index contributed by atoms with van der Waals surface area (Å²) in [6.45, 7) is 7.34. The van der Waals surface area contributed by atoms with E-state index in [2.05, 4.69) is 27.1 Å². The van der Waals surface area contributed by atoms with Crippen molar-refractivity contribution in [2.45, 2.75) is 40.3 Å². The maximum atomic E-state index is 11.1. The lowest BCUT2D eigenvalue weighted by Gasteiger charge is -2.12. The highest BCUT2D eigenvalue weighted by molar-refractivity contribution is 5.89. The second-order valence-corrected chi connectivity index (χ2v) is 5.10. The van der Waals surface area contributed by atoms with Gasteiger partial charge >= 0.3 is 0 Å².